The van der Waals surface area contributed by atoms with E-state index in [2.05, 4.69) is 11.3 Å². The monoisotopic (exact) mass is 179 g/mol. The molecule has 0 aromatic carbocycles. The minimum atomic E-state index is -0.672. The van der Waals surface area contributed by atoms with Crippen molar-refractivity contribution in [1.82, 2.24) is 0 Å². The fourth-order valence-electron chi connectivity index (χ4n) is 0.260. The summed E-state index contributed by atoms with van der Waals surface area (Å²) in [5.41, 5.74) is 4.95. The van der Waals surface area contributed by atoms with E-state index in [1.54, 1.807) is 0 Å². The highest BCUT2D eigenvalue weighted by Crippen LogP contribution is 1.90. The van der Waals surface area contributed by atoms with Gasteiger partial charge in [-0.15, -0.1) is 12.4 Å². The molecule has 0 fully saturated rings. The zero-order valence-electron chi connectivity index (χ0n) is 6.12. The fourth-order valence-corrected chi connectivity index (χ4v) is 0.260. The number of halogens is 1. The molecule has 0 spiro atoms. The highest BCUT2D eigenvalue weighted by atomic mass is 35.5. The van der Waals surface area contributed by atoms with Gasteiger partial charge in [0, 0.05) is 5.57 Å². The molecule has 0 unspecified atom stereocenters. The van der Waals surface area contributed by atoms with E-state index in [1.807, 2.05) is 0 Å². The molecule has 0 bridgehead atoms. The second kappa shape index (κ2) is 5.73. The highest BCUT2D eigenvalue weighted by molar-refractivity contribution is 5.89. The Morgan fingerprint density at radius 2 is 2.00 bits per heavy atom. The van der Waals surface area contributed by atoms with Gasteiger partial charge in [-0.25, -0.2) is 4.79 Å². The van der Waals surface area contributed by atoms with E-state index >= 15 is 0 Å². The van der Waals surface area contributed by atoms with Crippen LogP contribution in [0, 0.1) is 0 Å². The Morgan fingerprint density at radius 1 is 1.55 bits per heavy atom. The van der Waals surface area contributed by atoms with Crippen molar-refractivity contribution in [2.75, 3.05) is 6.61 Å². The van der Waals surface area contributed by atoms with Crippen molar-refractivity contribution in [3.05, 3.63) is 12.2 Å². The minimum absolute atomic E-state index is 0. The van der Waals surface area contributed by atoms with E-state index in [-0.39, 0.29) is 24.6 Å². The van der Waals surface area contributed by atoms with Gasteiger partial charge in [-0.3, -0.25) is 4.79 Å². The molecule has 0 radical (unpaired) electrons. The molecule has 0 heterocycles. The SMILES string of the molecule is C=C(C)C(=O)OCC(N)=O.Cl. The zero-order chi connectivity index (χ0) is 8.15. The van der Waals surface area contributed by atoms with Crippen LogP contribution in [0.2, 0.25) is 0 Å². The zero-order valence-corrected chi connectivity index (χ0v) is 6.94. The van der Waals surface area contributed by atoms with E-state index in [1.165, 1.54) is 6.92 Å². The number of nitrogens with two attached hydrogens (primary N) is 1. The van der Waals surface area contributed by atoms with Crippen LogP contribution in [0.15, 0.2) is 12.2 Å². The number of ether oxygens (including phenoxy) is 1. The van der Waals surface area contributed by atoms with Crippen LogP contribution < -0.4 is 5.73 Å². The van der Waals surface area contributed by atoms with Crippen molar-refractivity contribution in [3.8, 4) is 0 Å². The lowest BCUT2D eigenvalue weighted by Gasteiger charge is -1.98. The number of hydrogen-bond donors (Lipinski definition) is 1. The second-order valence-corrected chi connectivity index (χ2v) is 1.82. The average Bonchev–Trinajstić information content (AvgIpc) is 1.82. The number of rotatable bonds is 3. The van der Waals surface area contributed by atoms with E-state index < -0.39 is 11.9 Å². The van der Waals surface area contributed by atoms with Crippen molar-refractivity contribution in [1.29, 1.82) is 0 Å². The molecule has 1 amide bonds. The van der Waals surface area contributed by atoms with Gasteiger partial charge in [-0.1, -0.05) is 6.58 Å². The Morgan fingerprint density at radius 3 is 2.27 bits per heavy atom. The van der Waals surface area contributed by atoms with Crippen molar-refractivity contribution >= 4 is 24.3 Å². The van der Waals surface area contributed by atoms with Crippen LogP contribution in [0.5, 0.6) is 0 Å². The molecule has 0 aromatic rings. The second-order valence-electron chi connectivity index (χ2n) is 1.82. The highest BCUT2D eigenvalue weighted by Gasteiger charge is 2.03. The van der Waals surface area contributed by atoms with E-state index in [4.69, 9.17) is 5.73 Å². The summed E-state index contributed by atoms with van der Waals surface area (Å²) in [5.74, 6) is -1.27. The number of carbonyl (C=O) groups excluding carboxylic acids is 2. The maximum atomic E-state index is 10.5. The molecule has 0 aromatic heterocycles. The molecule has 4 nitrogen and oxygen atoms in total. The van der Waals surface area contributed by atoms with Gasteiger partial charge in [0.15, 0.2) is 6.61 Å². The lowest BCUT2D eigenvalue weighted by atomic mass is 10.4. The third-order valence-electron chi connectivity index (χ3n) is 0.694. The Bertz CT molecular complexity index is 179. The van der Waals surface area contributed by atoms with E-state index in [0.717, 1.165) is 0 Å². The summed E-state index contributed by atoms with van der Waals surface area (Å²) >= 11 is 0. The van der Waals surface area contributed by atoms with Crippen molar-refractivity contribution in [2.24, 2.45) is 5.73 Å². The van der Waals surface area contributed by atoms with E-state index in [9.17, 15) is 9.59 Å². The van der Waals surface area contributed by atoms with Crippen LogP contribution >= 0.6 is 12.4 Å². The first-order valence-electron chi connectivity index (χ1n) is 2.65. The van der Waals surface area contributed by atoms with Gasteiger partial charge in [-0.2, -0.15) is 0 Å². The van der Waals surface area contributed by atoms with Gasteiger partial charge in [0.25, 0.3) is 5.91 Å². The molecule has 11 heavy (non-hydrogen) atoms. The summed E-state index contributed by atoms with van der Waals surface area (Å²) in [4.78, 5) is 20.6. The summed E-state index contributed by atoms with van der Waals surface area (Å²) in [6.45, 7) is 4.41. The molecule has 0 saturated carbocycles. The Kier molecular flexibility index (Phi) is 6.58. The number of carbonyl (C=O) groups is 2. The molecule has 0 aliphatic heterocycles. The third kappa shape index (κ3) is 6.86. The summed E-state index contributed by atoms with van der Waals surface area (Å²) in [6, 6.07) is 0. The predicted octanol–water partition coefficient (Wildman–Crippen LogP) is 0.0128. The van der Waals surface area contributed by atoms with Gasteiger partial charge in [0.2, 0.25) is 0 Å². The molecule has 64 valence electrons. The van der Waals surface area contributed by atoms with Crippen LogP contribution in [0.4, 0.5) is 0 Å². The first kappa shape index (κ1) is 12.6. The molecule has 0 aliphatic rings. The van der Waals surface area contributed by atoms with Crippen LogP contribution in [-0.4, -0.2) is 18.5 Å². The van der Waals surface area contributed by atoms with Crippen molar-refractivity contribution in [2.45, 2.75) is 6.92 Å². The van der Waals surface area contributed by atoms with Gasteiger partial charge >= 0.3 is 5.97 Å². The van der Waals surface area contributed by atoms with Gasteiger partial charge in [0.1, 0.15) is 0 Å². The normalized spacial score (nSPS) is 7.73. The van der Waals surface area contributed by atoms with Gasteiger partial charge in [0.05, 0.1) is 0 Å². The minimum Gasteiger partial charge on any atom is -0.452 e. The van der Waals surface area contributed by atoms with Crippen LogP contribution in [0.1, 0.15) is 6.92 Å². The maximum absolute atomic E-state index is 10.5. The summed E-state index contributed by atoms with van der Waals surface area (Å²) in [5, 5.41) is 0. The third-order valence-corrected chi connectivity index (χ3v) is 0.694. The van der Waals surface area contributed by atoms with Gasteiger partial charge in [-0.05, 0) is 6.92 Å². The maximum Gasteiger partial charge on any atom is 0.333 e. The molecule has 0 atom stereocenters. The Balaban J connectivity index is 0. The predicted molar refractivity (Wildman–Crippen MR) is 42.2 cm³/mol. The Hall–Kier alpha value is -1.03. The van der Waals surface area contributed by atoms with Crippen LogP contribution in [0.3, 0.4) is 0 Å². The van der Waals surface area contributed by atoms with E-state index in [0.29, 0.717) is 0 Å². The largest absolute Gasteiger partial charge is 0.452 e. The van der Waals surface area contributed by atoms with Crippen molar-refractivity contribution in [3.63, 3.8) is 0 Å². The molecular formula is C6H10ClNO3. The number of amides is 1. The average molecular weight is 180 g/mol. The molecular weight excluding hydrogens is 170 g/mol. The lowest BCUT2D eigenvalue weighted by molar-refractivity contribution is -0.143. The number of esters is 1. The lowest BCUT2D eigenvalue weighted by Crippen LogP contribution is -2.20. The fraction of sp³-hybridized carbons (Fsp3) is 0.333. The summed E-state index contributed by atoms with van der Waals surface area (Å²) in [7, 11) is 0. The first-order chi connectivity index (χ1) is 4.54. The van der Waals surface area contributed by atoms with Crippen LogP contribution in [0.25, 0.3) is 0 Å². The van der Waals surface area contributed by atoms with Crippen molar-refractivity contribution < 1.29 is 14.3 Å². The molecule has 5 heteroatoms. The quantitative estimate of drug-likeness (QED) is 0.490. The summed E-state index contributed by atoms with van der Waals surface area (Å²) in [6.07, 6.45) is 0. The first-order valence-corrected chi connectivity index (χ1v) is 2.65. The Labute approximate surface area is 70.8 Å². The number of primary amides is 1. The van der Waals surface area contributed by atoms with Crippen LogP contribution in [-0.2, 0) is 14.3 Å². The number of hydrogen-bond acceptors (Lipinski definition) is 3. The summed E-state index contributed by atoms with van der Waals surface area (Å²) < 4.78 is 4.35. The smallest absolute Gasteiger partial charge is 0.333 e. The molecule has 0 aliphatic carbocycles. The van der Waals surface area contributed by atoms with Gasteiger partial charge < -0.3 is 10.5 Å². The topological polar surface area (TPSA) is 69.4 Å². The molecule has 0 saturated heterocycles. The molecule has 0 rings (SSSR count). The standard InChI is InChI=1S/C6H9NO3.ClH/c1-4(2)6(9)10-3-5(7)8;/h1,3H2,2H3,(H2,7,8);1H. The molecule has 2 N–H and O–H groups in total.